The number of carbonyl (C=O) groups is 3. The molecule has 1 aromatic carbocycles. The number of aliphatic carboxylic acids is 1. The summed E-state index contributed by atoms with van der Waals surface area (Å²) in [5.41, 5.74) is -0.0359. The van der Waals surface area contributed by atoms with Crippen molar-refractivity contribution in [3.63, 3.8) is 0 Å². The molecular formula is C17H14BrN3O7. The van der Waals surface area contributed by atoms with Gasteiger partial charge in [-0.2, -0.15) is 0 Å². The van der Waals surface area contributed by atoms with Gasteiger partial charge < -0.3 is 20.2 Å². The molecule has 11 heteroatoms. The highest BCUT2D eigenvalue weighted by molar-refractivity contribution is 9.10. The number of nitro groups is 1. The predicted molar refractivity (Wildman–Crippen MR) is 100 cm³/mol. The first-order valence-electron chi connectivity index (χ1n) is 7.74. The van der Waals surface area contributed by atoms with Crippen molar-refractivity contribution in [1.29, 1.82) is 0 Å². The molecule has 3 N–H and O–H groups in total. The zero-order valence-corrected chi connectivity index (χ0v) is 15.9. The van der Waals surface area contributed by atoms with E-state index in [1.54, 1.807) is 0 Å². The third-order valence-electron chi connectivity index (χ3n) is 3.42. The fraction of sp³-hybridized carbons (Fsp3) is 0.118. The Morgan fingerprint density at radius 1 is 1.21 bits per heavy atom. The summed E-state index contributed by atoms with van der Waals surface area (Å²) < 4.78 is 5.42. The number of nitro benzene ring substituents is 1. The van der Waals surface area contributed by atoms with Crippen LogP contribution in [-0.4, -0.2) is 33.9 Å². The van der Waals surface area contributed by atoms with Crippen molar-refractivity contribution in [2.45, 2.75) is 13.0 Å². The fourth-order valence-electron chi connectivity index (χ4n) is 1.97. The summed E-state index contributed by atoms with van der Waals surface area (Å²) in [7, 11) is 0. The highest BCUT2D eigenvalue weighted by atomic mass is 79.9. The lowest BCUT2D eigenvalue weighted by atomic mass is 10.1. The minimum Gasteiger partial charge on any atom is -0.480 e. The normalized spacial score (nSPS) is 12.1. The Labute approximate surface area is 166 Å². The van der Waals surface area contributed by atoms with Gasteiger partial charge in [-0.1, -0.05) is 0 Å². The number of amides is 2. The van der Waals surface area contributed by atoms with E-state index in [2.05, 4.69) is 26.6 Å². The average Bonchev–Trinajstić information content (AvgIpc) is 3.07. The van der Waals surface area contributed by atoms with Crippen LogP contribution in [0.2, 0.25) is 0 Å². The minimum atomic E-state index is -1.26. The Morgan fingerprint density at radius 3 is 2.36 bits per heavy atom. The van der Waals surface area contributed by atoms with Crippen molar-refractivity contribution in [3.05, 3.63) is 68.2 Å². The van der Waals surface area contributed by atoms with Crippen LogP contribution in [0.15, 0.2) is 51.2 Å². The molecule has 2 aromatic rings. The lowest BCUT2D eigenvalue weighted by Crippen LogP contribution is -2.42. The summed E-state index contributed by atoms with van der Waals surface area (Å²) in [4.78, 5) is 45.8. The number of carboxylic acid groups (broad SMARTS) is 1. The summed E-state index contributed by atoms with van der Waals surface area (Å²) in [6.45, 7) is 1.26. The highest BCUT2D eigenvalue weighted by Crippen LogP contribution is 2.16. The van der Waals surface area contributed by atoms with Crippen LogP contribution >= 0.6 is 15.9 Å². The van der Waals surface area contributed by atoms with Crippen LogP contribution < -0.4 is 10.6 Å². The lowest BCUT2D eigenvalue weighted by Gasteiger charge is -2.13. The van der Waals surface area contributed by atoms with Gasteiger partial charge in [0.15, 0.2) is 10.4 Å². The van der Waals surface area contributed by atoms with E-state index in [1.807, 2.05) is 0 Å². The molecule has 0 aliphatic rings. The summed E-state index contributed by atoms with van der Waals surface area (Å²) in [6, 6.07) is 6.87. The number of nitrogens with zero attached hydrogens (tertiary/aromatic N) is 1. The van der Waals surface area contributed by atoms with Gasteiger partial charge in [0.1, 0.15) is 11.7 Å². The molecular weight excluding hydrogens is 438 g/mol. The van der Waals surface area contributed by atoms with E-state index in [1.165, 1.54) is 49.4 Å². The van der Waals surface area contributed by atoms with Crippen molar-refractivity contribution in [2.24, 2.45) is 0 Å². The molecule has 0 bridgehead atoms. The SMILES string of the molecule is C[C@@H](NC(=O)/C(=C\c1ccc([N+](=O)[O-])cc1)NC(=O)c1ccc(Br)o1)C(=O)O. The Balaban J connectivity index is 2.31. The van der Waals surface area contributed by atoms with Crippen molar-refractivity contribution in [3.8, 4) is 0 Å². The maximum Gasteiger partial charge on any atom is 0.325 e. The molecule has 0 radical (unpaired) electrons. The van der Waals surface area contributed by atoms with E-state index in [4.69, 9.17) is 9.52 Å². The van der Waals surface area contributed by atoms with Gasteiger partial charge in [0, 0.05) is 12.1 Å². The van der Waals surface area contributed by atoms with Crippen LogP contribution in [0.3, 0.4) is 0 Å². The van der Waals surface area contributed by atoms with E-state index >= 15 is 0 Å². The van der Waals surface area contributed by atoms with E-state index in [9.17, 15) is 24.5 Å². The van der Waals surface area contributed by atoms with E-state index < -0.39 is 28.7 Å². The first-order chi connectivity index (χ1) is 13.2. The molecule has 0 saturated carbocycles. The van der Waals surface area contributed by atoms with Crippen LogP contribution in [0, 0.1) is 10.1 Å². The topological polar surface area (TPSA) is 152 Å². The largest absolute Gasteiger partial charge is 0.480 e. The third-order valence-corrected chi connectivity index (χ3v) is 3.85. The smallest absolute Gasteiger partial charge is 0.325 e. The second kappa shape index (κ2) is 8.95. The Bertz CT molecular complexity index is 950. The van der Waals surface area contributed by atoms with Gasteiger partial charge in [-0.05, 0) is 58.8 Å². The zero-order chi connectivity index (χ0) is 20.8. The van der Waals surface area contributed by atoms with Crippen LogP contribution in [-0.2, 0) is 9.59 Å². The molecule has 0 spiro atoms. The number of carbonyl (C=O) groups excluding carboxylic acids is 2. The monoisotopic (exact) mass is 451 g/mol. The second-order valence-corrected chi connectivity index (χ2v) is 6.28. The number of halogens is 1. The summed E-state index contributed by atoms with van der Waals surface area (Å²) in [5, 5.41) is 24.2. The van der Waals surface area contributed by atoms with Gasteiger partial charge in [-0.25, -0.2) is 0 Å². The van der Waals surface area contributed by atoms with Crippen molar-refractivity contribution < 1.29 is 28.8 Å². The zero-order valence-electron chi connectivity index (χ0n) is 14.3. The first-order valence-corrected chi connectivity index (χ1v) is 8.53. The van der Waals surface area contributed by atoms with Crippen LogP contribution in [0.1, 0.15) is 23.0 Å². The molecule has 1 heterocycles. The number of benzene rings is 1. The molecule has 0 aliphatic heterocycles. The van der Waals surface area contributed by atoms with Gasteiger partial charge in [0.2, 0.25) is 0 Å². The summed E-state index contributed by atoms with van der Waals surface area (Å²) >= 11 is 3.06. The summed E-state index contributed by atoms with van der Waals surface area (Å²) in [6.07, 6.45) is 1.25. The molecule has 1 atom stereocenters. The maximum absolute atomic E-state index is 12.4. The number of non-ortho nitro benzene ring substituents is 1. The molecule has 0 saturated heterocycles. The van der Waals surface area contributed by atoms with Gasteiger partial charge in [0.05, 0.1) is 4.92 Å². The number of rotatable bonds is 7. The van der Waals surface area contributed by atoms with Crippen LogP contribution in [0.5, 0.6) is 0 Å². The molecule has 0 fully saturated rings. The van der Waals surface area contributed by atoms with Crippen molar-refractivity contribution in [2.75, 3.05) is 0 Å². The predicted octanol–water partition coefficient (Wildman–Crippen LogP) is 2.31. The minimum absolute atomic E-state index is 0.0828. The highest BCUT2D eigenvalue weighted by Gasteiger charge is 2.21. The number of hydrogen-bond acceptors (Lipinski definition) is 6. The van der Waals surface area contributed by atoms with Crippen molar-refractivity contribution >= 4 is 45.5 Å². The Kier molecular flexibility index (Phi) is 6.66. The molecule has 1 aromatic heterocycles. The number of furan rings is 1. The number of hydrogen-bond donors (Lipinski definition) is 3. The second-order valence-electron chi connectivity index (χ2n) is 5.50. The molecule has 2 rings (SSSR count). The van der Waals surface area contributed by atoms with E-state index in [0.29, 0.717) is 10.2 Å². The van der Waals surface area contributed by atoms with Gasteiger partial charge in [0.25, 0.3) is 17.5 Å². The van der Waals surface area contributed by atoms with Crippen molar-refractivity contribution in [1.82, 2.24) is 10.6 Å². The van der Waals surface area contributed by atoms with Crippen LogP contribution in [0.4, 0.5) is 5.69 Å². The Hall–Kier alpha value is -3.47. The summed E-state index contributed by atoms with van der Waals surface area (Å²) in [5.74, 6) is -2.94. The quantitative estimate of drug-likeness (QED) is 0.331. The molecule has 10 nitrogen and oxygen atoms in total. The standard InChI is InChI=1S/C17H14BrN3O7/c1-9(17(24)25)19-15(22)12(20-16(23)13-6-7-14(18)28-13)8-10-2-4-11(5-3-10)21(26)27/h2-9H,1H3,(H,19,22)(H,20,23)(H,24,25)/b12-8+/t9-/m1/s1. The number of nitrogens with one attached hydrogen (secondary N) is 2. The average molecular weight is 452 g/mol. The first kappa shape index (κ1) is 20.8. The third kappa shape index (κ3) is 5.51. The van der Waals surface area contributed by atoms with Gasteiger partial charge in [-0.3, -0.25) is 24.5 Å². The van der Waals surface area contributed by atoms with Gasteiger partial charge >= 0.3 is 5.97 Å². The molecule has 2 amide bonds. The Morgan fingerprint density at radius 2 is 1.86 bits per heavy atom. The van der Waals surface area contributed by atoms with Crippen LogP contribution in [0.25, 0.3) is 6.08 Å². The molecule has 28 heavy (non-hydrogen) atoms. The lowest BCUT2D eigenvalue weighted by molar-refractivity contribution is -0.384. The maximum atomic E-state index is 12.4. The molecule has 0 aliphatic carbocycles. The number of carboxylic acids is 1. The van der Waals surface area contributed by atoms with E-state index in [0.717, 1.165) is 0 Å². The molecule has 0 unspecified atom stereocenters. The van der Waals surface area contributed by atoms with E-state index in [-0.39, 0.29) is 17.1 Å². The molecule has 146 valence electrons. The van der Waals surface area contributed by atoms with Gasteiger partial charge in [-0.15, -0.1) is 0 Å². The fourth-order valence-corrected chi connectivity index (χ4v) is 2.28.